The van der Waals surface area contributed by atoms with Crippen LogP contribution in [0.15, 0.2) is 48.5 Å². The van der Waals surface area contributed by atoms with Gasteiger partial charge in [-0.25, -0.2) is 9.97 Å². The second kappa shape index (κ2) is 7.94. The summed E-state index contributed by atoms with van der Waals surface area (Å²) < 4.78 is 7.80. The van der Waals surface area contributed by atoms with Crippen molar-refractivity contribution in [3.63, 3.8) is 0 Å². The smallest absolute Gasteiger partial charge is 0.132 e. The van der Waals surface area contributed by atoms with E-state index in [0.717, 1.165) is 25.3 Å². The SMILES string of the molecule is CC(C)OC1=CCCC(=N)C(C(=N)c2cc(N3CC(n4cnnc4)C3)ncn2)=C1. The van der Waals surface area contributed by atoms with Crippen LogP contribution in [0.2, 0.25) is 0 Å². The van der Waals surface area contributed by atoms with Gasteiger partial charge in [-0.2, -0.15) is 0 Å². The molecule has 150 valence electrons. The van der Waals surface area contributed by atoms with E-state index in [1.807, 2.05) is 30.6 Å². The maximum absolute atomic E-state index is 8.67. The third-order valence-corrected chi connectivity index (χ3v) is 4.95. The minimum absolute atomic E-state index is 0.0379. The molecule has 1 aliphatic heterocycles. The van der Waals surface area contributed by atoms with E-state index < -0.39 is 0 Å². The molecule has 29 heavy (non-hydrogen) atoms. The summed E-state index contributed by atoms with van der Waals surface area (Å²) >= 11 is 0. The van der Waals surface area contributed by atoms with Gasteiger partial charge in [-0.3, -0.25) is 5.41 Å². The first-order valence-corrected chi connectivity index (χ1v) is 9.68. The molecule has 4 rings (SSSR count). The number of aromatic nitrogens is 5. The van der Waals surface area contributed by atoms with E-state index in [4.69, 9.17) is 15.6 Å². The molecule has 9 nitrogen and oxygen atoms in total. The molecule has 1 saturated heterocycles. The van der Waals surface area contributed by atoms with Crippen molar-refractivity contribution < 1.29 is 4.74 Å². The minimum Gasteiger partial charge on any atom is -0.491 e. The van der Waals surface area contributed by atoms with E-state index in [0.29, 0.717) is 35.2 Å². The van der Waals surface area contributed by atoms with E-state index in [2.05, 4.69) is 25.1 Å². The highest BCUT2D eigenvalue weighted by Gasteiger charge is 2.29. The highest BCUT2D eigenvalue weighted by molar-refractivity contribution is 6.28. The van der Waals surface area contributed by atoms with Crippen molar-refractivity contribution in [2.24, 2.45) is 0 Å². The molecule has 0 aromatic carbocycles. The molecule has 0 spiro atoms. The van der Waals surface area contributed by atoms with Gasteiger partial charge in [0.25, 0.3) is 0 Å². The normalized spacial score (nSPS) is 17.5. The quantitative estimate of drug-likeness (QED) is 0.730. The van der Waals surface area contributed by atoms with Gasteiger partial charge in [0.2, 0.25) is 0 Å². The lowest BCUT2D eigenvalue weighted by atomic mass is 10.00. The molecule has 2 aromatic rings. The molecule has 0 atom stereocenters. The van der Waals surface area contributed by atoms with Gasteiger partial charge in [0.1, 0.15) is 30.6 Å². The summed E-state index contributed by atoms with van der Waals surface area (Å²) in [5.74, 6) is 1.48. The number of nitrogens with one attached hydrogen (secondary N) is 2. The molecule has 1 fully saturated rings. The zero-order valence-electron chi connectivity index (χ0n) is 16.5. The van der Waals surface area contributed by atoms with Gasteiger partial charge in [0.05, 0.1) is 23.6 Å². The Bertz CT molecular complexity index is 970. The summed E-state index contributed by atoms with van der Waals surface area (Å²) in [6.45, 7) is 5.53. The Morgan fingerprint density at radius 1 is 1.21 bits per heavy atom. The zero-order valence-corrected chi connectivity index (χ0v) is 16.5. The monoisotopic (exact) mass is 392 g/mol. The lowest BCUT2D eigenvalue weighted by Gasteiger charge is -2.40. The van der Waals surface area contributed by atoms with E-state index in [-0.39, 0.29) is 11.8 Å². The van der Waals surface area contributed by atoms with Gasteiger partial charge in [-0.15, -0.1) is 10.2 Å². The fraction of sp³-hybridized carbons (Fsp3) is 0.400. The number of ether oxygens (including phenoxy) is 1. The Morgan fingerprint density at radius 2 is 1.97 bits per heavy atom. The molecule has 1 aliphatic carbocycles. The van der Waals surface area contributed by atoms with Gasteiger partial charge in [-0.1, -0.05) is 0 Å². The largest absolute Gasteiger partial charge is 0.491 e. The van der Waals surface area contributed by atoms with Crippen LogP contribution in [0, 0.1) is 10.8 Å². The average molecular weight is 392 g/mol. The highest BCUT2D eigenvalue weighted by Crippen LogP contribution is 2.27. The highest BCUT2D eigenvalue weighted by atomic mass is 16.5. The van der Waals surface area contributed by atoms with Crippen LogP contribution in [-0.2, 0) is 4.74 Å². The van der Waals surface area contributed by atoms with E-state index >= 15 is 0 Å². The van der Waals surface area contributed by atoms with Crippen LogP contribution in [0.1, 0.15) is 38.4 Å². The summed E-state index contributed by atoms with van der Waals surface area (Å²) in [7, 11) is 0. The summed E-state index contributed by atoms with van der Waals surface area (Å²) in [6.07, 6.45) is 10.0. The van der Waals surface area contributed by atoms with E-state index in [9.17, 15) is 0 Å². The Hall–Kier alpha value is -3.36. The van der Waals surface area contributed by atoms with Crippen molar-refractivity contribution in [2.75, 3.05) is 18.0 Å². The summed E-state index contributed by atoms with van der Waals surface area (Å²) in [4.78, 5) is 10.8. The summed E-state index contributed by atoms with van der Waals surface area (Å²) in [6, 6.07) is 2.14. The van der Waals surface area contributed by atoms with Crippen LogP contribution < -0.4 is 4.90 Å². The molecule has 2 aliphatic rings. The molecule has 9 heteroatoms. The minimum atomic E-state index is 0.0379. The molecule has 3 heterocycles. The van der Waals surface area contributed by atoms with Crippen LogP contribution in [0.5, 0.6) is 0 Å². The predicted molar refractivity (Wildman–Crippen MR) is 109 cm³/mol. The van der Waals surface area contributed by atoms with Gasteiger partial charge in [0, 0.05) is 30.4 Å². The standard InChI is InChI=1S/C20H24N8O/c1-13(2)29-15-4-3-5-17(21)16(6-15)20(22)18-7-19(24-10-23-18)27-8-14(9-27)28-11-25-26-12-28/h4,6-7,10-14,21-22H,3,5,8-9H2,1-2H3. The fourth-order valence-corrected chi connectivity index (χ4v) is 3.38. The second-order valence-electron chi connectivity index (χ2n) is 7.45. The third-order valence-electron chi connectivity index (χ3n) is 4.95. The second-order valence-corrected chi connectivity index (χ2v) is 7.45. The van der Waals surface area contributed by atoms with Crippen molar-refractivity contribution in [1.82, 2.24) is 24.7 Å². The first kappa shape index (κ1) is 19.0. The first-order chi connectivity index (χ1) is 14.0. The molecule has 0 bridgehead atoms. The predicted octanol–water partition coefficient (Wildman–Crippen LogP) is 2.55. The summed E-state index contributed by atoms with van der Waals surface area (Å²) in [5, 5.41) is 24.7. The molecule has 2 aromatic heterocycles. The fourth-order valence-electron chi connectivity index (χ4n) is 3.38. The zero-order chi connectivity index (χ0) is 20.4. The van der Waals surface area contributed by atoms with E-state index in [1.165, 1.54) is 6.33 Å². The number of rotatable bonds is 6. The Morgan fingerprint density at radius 3 is 2.69 bits per heavy atom. The number of hydrogen-bond donors (Lipinski definition) is 2. The molecule has 0 radical (unpaired) electrons. The third kappa shape index (κ3) is 4.08. The van der Waals surface area contributed by atoms with E-state index in [1.54, 1.807) is 18.7 Å². The van der Waals surface area contributed by atoms with Crippen molar-refractivity contribution in [3.05, 3.63) is 54.2 Å². The molecule has 0 saturated carbocycles. The average Bonchev–Trinajstić information content (AvgIpc) is 3.11. The van der Waals surface area contributed by atoms with Gasteiger partial charge >= 0.3 is 0 Å². The lowest BCUT2D eigenvalue weighted by Crippen LogP contribution is -2.48. The Kier molecular flexibility index (Phi) is 5.20. The number of allylic oxidation sites excluding steroid dienone is 3. The summed E-state index contributed by atoms with van der Waals surface area (Å²) in [5.41, 5.74) is 1.69. The topological polar surface area (TPSA) is 117 Å². The van der Waals surface area contributed by atoms with Gasteiger partial charge < -0.3 is 19.6 Å². The maximum Gasteiger partial charge on any atom is 0.132 e. The van der Waals surface area contributed by atoms with Crippen molar-refractivity contribution >= 4 is 17.2 Å². The van der Waals surface area contributed by atoms with Crippen LogP contribution in [0.4, 0.5) is 5.82 Å². The molecular weight excluding hydrogens is 368 g/mol. The Labute approximate surface area is 169 Å². The molecule has 2 N–H and O–H groups in total. The van der Waals surface area contributed by atoms with Gasteiger partial charge in [-0.05, 0) is 38.8 Å². The molecule has 0 unspecified atom stereocenters. The number of hydrogen-bond acceptors (Lipinski definition) is 8. The van der Waals surface area contributed by atoms with Crippen molar-refractivity contribution in [1.29, 1.82) is 10.8 Å². The van der Waals surface area contributed by atoms with Crippen LogP contribution >= 0.6 is 0 Å². The Balaban J connectivity index is 1.51. The van der Waals surface area contributed by atoms with Crippen LogP contribution in [0.25, 0.3) is 0 Å². The van der Waals surface area contributed by atoms with Crippen molar-refractivity contribution in [2.45, 2.75) is 38.8 Å². The van der Waals surface area contributed by atoms with Crippen molar-refractivity contribution in [3.8, 4) is 0 Å². The lowest BCUT2D eigenvalue weighted by molar-refractivity contribution is 0.157. The number of nitrogens with zero attached hydrogens (tertiary/aromatic N) is 6. The molecule has 0 amide bonds. The first-order valence-electron chi connectivity index (χ1n) is 9.68. The van der Waals surface area contributed by atoms with Crippen LogP contribution in [0.3, 0.4) is 0 Å². The maximum atomic E-state index is 8.67. The van der Waals surface area contributed by atoms with Gasteiger partial charge in [0.15, 0.2) is 0 Å². The number of anilines is 1. The van der Waals surface area contributed by atoms with Crippen LogP contribution in [-0.4, -0.2) is 55.3 Å². The molecular formula is C20H24N8O.